The monoisotopic (exact) mass is 210 g/mol. The molecule has 0 spiro atoms. The average Bonchev–Trinajstić information content (AvgIpc) is 3.10. The third-order valence-electron chi connectivity index (χ3n) is 3.55. The number of amides is 1. The summed E-state index contributed by atoms with van der Waals surface area (Å²) in [6.07, 6.45) is 7.39. The van der Waals surface area contributed by atoms with Gasteiger partial charge in [-0.05, 0) is 31.7 Å². The number of nitrogens with zero attached hydrogens (tertiary/aromatic N) is 1. The molecule has 15 heavy (non-hydrogen) atoms. The van der Waals surface area contributed by atoms with Crippen LogP contribution < -0.4 is 5.32 Å². The molecule has 1 saturated carbocycles. The Morgan fingerprint density at radius 1 is 1.33 bits per heavy atom. The summed E-state index contributed by atoms with van der Waals surface area (Å²) >= 11 is 0. The molecular formula is C12H22N2O. The smallest absolute Gasteiger partial charge is 0.239 e. The highest BCUT2D eigenvalue weighted by molar-refractivity contribution is 5.81. The molecule has 0 bridgehead atoms. The summed E-state index contributed by atoms with van der Waals surface area (Å²) < 4.78 is 0. The number of likely N-dealkylation sites (N-methyl/N-ethyl adjacent to an activating group) is 1. The molecule has 0 aromatic heterocycles. The largest absolute Gasteiger partial charge is 0.344 e. The van der Waals surface area contributed by atoms with E-state index >= 15 is 0 Å². The first kappa shape index (κ1) is 10.9. The van der Waals surface area contributed by atoms with E-state index in [0.717, 1.165) is 25.4 Å². The Balaban J connectivity index is 1.71. The standard InChI is InChI=1S/C12H22N2O/c1-14(9-7-10-5-6-10)12(15)11-4-2-3-8-13-11/h10-11,13H,2-9H2,1H3/t11-/m1/s1. The van der Waals surface area contributed by atoms with E-state index in [1.165, 1.54) is 32.1 Å². The van der Waals surface area contributed by atoms with Crippen LogP contribution in [-0.2, 0) is 4.79 Å². The first-order valence-corrected chi connectivity index (χ1v) is 6.26. The molecule has 1 N–H and O–H groups in total. The molecule has 2 fully saturated rings. The lowest BCUT2D eigenvalue weighted by Crippen LogP contribution is -2.47. The van der Waals surface area contributed by atoms with Crippen molar-refractivity contribution >= 4 is 5.91 Å². The second kappa shape index (κ2) is 4.97. The van der Waals surface area contributed by atoms with Crippen LogP contribution in [0.15, 0.2) is 0 Å². The number of piperidine rings is 1. The van der Waals surface area contributed by atoms with E-state index < -0.39 is 0 Å². The van der Waals surface area contributed by atoms with Gasteiger partial charge >= 0.3 is 0 Å². The van der Waals surface area contributed by atoms with Crippen molar-refractivity contribution in [3.8, 4) is 0 Å². The molecule has 2 aliphatic rings. The molecule has 1 atom stereocenters. The number of hydrogen-bond donors (Lipinski definition) is 1. The minimum absolute atomic E-state index is 0.1000. The van der Waals surface area contributed by atoms with Gasteiger partial charge in [0.1, 0.15) is 0 Å². The van der Waals surface area contributed by atoms with E-state index in [1.54, 1.807) is 0 Å². The van der Waals surface area contributed by atoms with Crippen LogP contribution in [0.1, 0.15) is 38.5 Å². The Kier molecular flexibility index (Phi) is 3.62. The SMILES string of the molecule is CN(CCC1CC1)C(=O)[C@H]1CCCCN1. The number of carbonyl (C=O) groups excluding carboxylic acids is 1. The lowest BCUT2D eigenvalue weighted by atomic mass is 10.0. The van der Waals surface area contributed by atoms with Crippen LogP contribution in [0.4, 0.5) is 0 Å². The van der Waals surface area contributed by atoms with E-state index in [2.05, 4.69) is 5.32 Å². The zero-order chi connectivity index (χ0) is 10.7. The van der Waals surface area contributed by atoms with Crippen LogP contribution in [0.2, 0.25) is 0 Å². The van der Waals surface area contributed by atoms with Gasteiger partial charge in [-0.2, -0.15) is 0 Å². The fourth-order valence-corrected chi connectivity index (χ4v) is 2.22. The summed E-state index contributed by atoms with van der Waals surface area (Å²) in [7, 11) is 1.95. The molecule has 2 rings (SSSR count). The van der Waals surface area contributed by atoms with Gasteiger partial charge in [-0.1, -0.05) is 19.3 Å². The van der Waals surface area contributed by atoms with Gasteiger partial charge in [-0.25, -0.2) is 0 Å². The Labute approximate surface area is 92.2 Å². The van der Waals surface area contributed by atoms with Gasteiger partial charge in [0.05, 0.1) is 6.04 Å². The predicted molar refractivity (Wildman–Crippen MR) is 60.6 cm³/mol. The van der Waals surface area contributed by atoms with Gasteiger partial charge in [0, 0.05) is 13.6 Å². The molecule has 0 radical (unpaired) electrons. The van der Waals surface area contributed by atoms with Crippen molar-refractivity contribution in [3.63, 3.8) is 0 Å². The van der Waals surface area contributed by atoms with Crippen LogP contribution in [0, 0.1) is 5.92 Å². The maximum Gasteiger partial charge on any atom is 0.239 e. The highest BCUT2D eigenvalue weighted by atomic mass is 16.2. The van der Waals surface area contributed by atoms with Crippen molar-refractivity contribution in [2.75, 3.05) is 20.1 Å². The first-order chi connectivity index (χ1) is 7.27. The summed E-state index contributed by atoms with van der Waals surface area (Å²) in [5.74, 6) is 1.22. The molecule has 86 valence electrons. The maximum absolute atomic E-state index is 12.0. The van der Waals surface area contributed by atoms with Gasteiger partial charge in [-0.3, -0.25) is 4.79 Å². The third kappa shape index (κ3) is 3.20. The fourth-order valence-electron chi connectivity index (χ4n) is 2.22. The van der Waals surface area contributed by atoms with Crippen molar-refractivity contribution < 1.29 is 4.79 Å². The second-order valence-corrected chi connectivity index (χ2v) is 4.99. The highest BCUT2D eigenvalue weighted by Gasteiger charge is 2.26. The lowest BCUT2D eigenvalue weighted by molar-refractivity contribution is -0.132. The van der Waals surface area contributed by atoms with E-state index in [0.29, 0.717) is 5.91 Å². The van der Waals surface area contributed by atoms with E-state index in [-0.39, 0.29) is 6.04 Å². The average molecular weight is 210 g/mol. The molecule has 0 unspecified atom stereocenters. The first-order valence-electron chi connectivity index (χ1n) is 6.26. The number of carbonyl (C=O) groups is 1. The van der Waals surface area contributed by atoms with Gasteiger partial charge in [0.2, 0.25) is 5.91 Å². The van der Waals surface area contributed by atoms with Gasteiger partial charge in [0.25, 0.3) is 0 Å². The Morgan fingerprint density at radius 3 is 2.73 bits per heavy atom. The van der Waals surface area contributed by atoms with Crippen LogP contribution >= 0.6 is 0 Å². The molecule has 1 saturated heterocycles. The van der Waals surface area contributed by atoms with Gasteiger partial charge in [0.15, 0.2) is 0 Å². The number of rotatable bonds is 4. The fraction of sp³-hybridized carbons (Fsp3) is 0.917. The maximum atomic E-state index is 12.0. The summed E-state index contributed by atoms with van der Waals surface area (Å²) in [6.45, 7) is 1.95. The van der Waals surface area contributed by atoms with Crippen LogP contribution in [-0.4, -0.2) is 37.0 Å². The second-order valence-electron chi connectivity index (χ2n) is 4.99. The van der Waals surface area contributed by atoms with Crippen LogP contribution in [0.3, 0.4) is 0 Å². The Hall–Kier alpha value is -0.570. The predicted octanol–water partition coefficient (Wildman–Crippen LogP) is 1.39. The van der Waals surface area contributed by atoms with Crippen molar-refractivity contribution in [1.29, 1.82) is 0 Å². The van der Waals surface area contributed by atoms with Crippen LogP contribution in [0.5, 0.6) is 0 Å². The molecular weight excluding hydrogens is 188 g/mol. The Bertz CT molecular complexity index is 220. The van der Waals surface area contributed by atoms with E-state index in [1.807, 2.05) is 11.9 Å². The zero-order valence-electron chi connectivity index (χ0n) is 9.67. The highest BCUT2D eigenvalue weighted by Crippen LogP contribution is 2.32. The summed E-state index contributed by atoms with van der Waals surface area (Å²) in [6, 6.07) is 0.1000. The zero-order valence-corrected chi connectivity index (χ0v) is 9.67. The molecule has 1 aliphatic heterocycles. The molecule has 3 nitrogen and oxygen atoms in total. The van der Waals surface area contributed by atoms with Gasteiger partial charge < -0.3 is 10.2 Å². The normalized spacial score (nSPS) is 26.3. The van der Waals surface area contributed by atoms with Crippen LogP contribution in [0.25, 0.3) is 0 Å². The number of nitrogens with one attached hydrogen (secondary N) is 1. The molecule has 3 heteroatoms. The van der Waals surface area contributed by atoms with Crippen molar-refractivity contribution in [3.05, 3.63) is 0 Å². The summed E-state index contributed by atoms with van der Waals surface area (Å²) in [5.41, 5.74) is 0. The molecule has 1 amide bonds. The lowest BCUT2D eigenvalue weighted by Gasteiger charge is -2.27. The molecule has 0 aromatic carbocycles. The topological polar surface area (TPSA) is 32.3 Å². The van der Waals surface area contributed by atoms with Crippen molar-refractivity contribution in [2.24, 2.45) is 5.92 Å². The van der Waals surface area contributed by atoms with Gasteiger partial charge in [-0.15, -0.1) is 0 Å². The third-order valence-corrected chi connectivity index (χ3v) is 3.55. The van der Waals surface area contributed by atoms with Crippen molar-refractivity contribution in [1.82, 2.24) is 10.2 Å². The van der Waals surface area contributed by atoms with E-state index in [9.17, 15) is 4.79 Å². The van der Waals surface area contributed by atoms with E-state index in [4.69, 9.17) is 0 Å². The molecule has 1 heterocycles. The number of hydrogen-bond acceptors (Lipinski definition) is 2. The molecule has 1 aliphatic carbocycles. The minimum Gasteiger partial charge on any atom is -0.344 e. The quantitative estimate of drug-likeness (QED) is 0.760. The Morgan fingerprint density at radius 2 is 2.13 bits per heavy atom. The summed E-state index contributed by atoms with van der Waals surface area (Å²) in [4.78, 5) is 13.9. The molecule has 0 aromatic rings. The van der Waals surface area contributed by atoms with Crippen molar-refractivity contribution in [2.45, 2.75) is 44.6 Å². The summed E-state index contributed by atoms with van der Waals surface area (Å²) in [5, 5.41) is 3.31. The minimum atomic E-state index is 0.1000.